The maximum absolute atomic E-state index is 13.6. The van der Waals surface area contributed by atoms with Crippen LogP contribution in [0.3, 0.4) is 0 Å². The van der Waals surface area contributed by atoms with Crippen molar-refractivity contribution in [2.75, 3.05) is 59.8 Å². The molecule has 0 unspecified atom stereocenters. The molecule has 0 saturated carbocycles. The van der Waals surface area contributed by atoms with Crippen LogP contribution in [0.5, 0.6) is 11.5 Å². The maximum Gasteiger partial charge on any atom is 0.242 e. The summed E-state index contributed by atoms with van der Waals surface area (Å²) in [5.74, 6) is -0.376. The molecule has 0 spiro atoms. The molecule has 0 aromatic heterocycles. The van der Waals surface area contributed by atoms with Gasteiger partial charge in [-0.1, -0.05) is 43.3 Å². The molecule has 0 radical (unpaired) electrons. The van der Waals surface area contributed by atoms with Crippen molar-refractivity contribution in [3.05, 3.63) is 59.7 Å². The van der Waals surface area contributed by atoms with Gasteiger partial charge in [-0.3, -0.25) is 19.2 Å². The molecule has 0 aliphatic carbocycles. The van der Waals surface area contributed by atoms with E-state index < -0.39 is 17.9 Å². The molecule has 12 nitrogen and oxygen atoms in total. The van der Waals surface area contributed by atoms with Gasteiger partial charge in [-0.25, -0.2) is 0 Å². The fourth-order valence-electron chi connectivity index (χ4n) is 4.57. The van der Waals surface area contributed by atoms with Gasteiger partial charge in [0, 0.05) is 26.7 Å². The van der Waals surface area contributed by atoms with E-state index in [9.17, 15) is 19.2 Å². The number of nitrogens with one attached hydrogen (secondary N) is 1. The average molecular weight is 584 g/mol. The Balaban J connectivity index is 1.71. The van der Waals surface area contributed by atoms with Crippen molar-refractivity contribution in [1.82, 2.24) is 20.0 Å². The number of ether oxygens (including phenoxy) is 3. The highest BCUT2D eigenvalue weighted by atomic mass is 16.7. The van der Waals surface area contributed by atoms with Crippen molar-refractivity contribution in [2.45, 2.75) is 32.9 Å². The molecule has 3 rings (SSSR count). The van der Waals surface area contributed by atoms with E-state index >= 15 is 0 Å². The molecule has 0 fully saturated rings. The summed E-state index contributed by atoms with van der Waals surface area (Å²) in [6.07, 6.45) is 0.603. The smallest absolute Gasteiger partial charge is 0.242 e. The summed E-state index contributed by atoms with van der Waals surface area (Å²) < 4.78 is 15.8. The van der Waals surface area contributed by atoms with Crippen molar-refractivity contribution >= 4 is 23.6 Å². The van der Waals surface area contributed by atoms with E-state index in [1.54, 1.807) is 0 Å². The first kappa shape index (κ1) is 32.4. The van der Waals surface area contributed by atoms with Crippen LogP contribution in [0.25, 0.3) is 0 Å². The Kier molecular flexibility index (Phi) is 12.6. The first-order valence-corrected chi connectivity index (χ1v) is 14.0. The Morgan fingerprint density at radius 1 is 0.929 bits per heavy atom. The summed E-state index contributed by atoms with van der Waals surface area (Å²) in [7, 11) is 1.49. The number of carbonyl (C=O) groups excluding carboxylic acids is 4. The number of benzene rings is 2. The van der Waals surface area contributed by atoms with Crippen LogP contribution < -0.4 is 20.5 Å². The second kappa shape index (κ2) is 16.3. The van der Waals surface area contributed by atoms with Crippen LogP contribution in [0.1, 0.15) is 37.4 Å². The van der Waals surface area contributed by atoms with Crippen molar-refractivity contribution in [3.63, 3.8) is 0 Å². The zero-order valence-corrected chi connectivity index (χ0v) is 24.5. The number of hydrogen-bond acceptors (Lipinski definition) is 8. The molecule has 12 heteroatoms. The van der Waals surface area contributed by atoms with Crippen molar-refractivity contribution in [3.8, 4) is 11.5 Å². The minimum Gasteiger partial charge on any atom is -0.454 e. The summed E-state index contributed by atoms with van der Waals surface area (Å²) >= 11 is 0. The molecule has 1 atom stereocenters. The zero-order valence-electron chi connectivity index (χ0n) is 24.5. The number of nitrogens with two attached hydrogens (primary N) is 1. The Labute approximate surface area is 246 Å². The number of methoxy groups -OCH3 is 1. The maximum atomic E-state index is 13.6. The van der Waals surface area contributed by atoms with Crippen LogP contribution in [0.2, 0.25) is 0 Å². The first-order chi connectivity index (χ1) is 20.2. The van der Waals surface area contributed by atoms with Gasteiger partial charge in [0.05, 0.1) is 32.3 Å². The number of hydrogen-bond donors (Lipinski definition) is 2. The van der Waals surface area contributed by atoms with Gasteiger partial charge in [-0.2, -0.15) is 0 Å². The fraction of sp³-hybridized carbons (Fsp3) is 0.467. The Hall–Kier alpha value is -4.16. The molecule has 228 valence electrons. The summed E-state index contributed by atoms with van der Waals surface area (Å²) in [6, 6.07) is 14.6. The summed E-state index contributed by atoms with van der Waals surface area (Å²) in [6.45, 7) is 4.31. The minimum atomic E-state index is -0.658. The lowest BCUT2D eigenvalue weighted by Gasteiger charge is -2.32. The molecule has 0 saturated heterocycles. The third kappa shape index (κ3) is 9.45. The number of carbonyl (C=O) groups is 4. The third-order valence-corrected chi connectivity index (χ3v) is 6.85. The van der Waals surface area contributed by atoms with Crippen LogP contribution in [0.15, 0.2) is 48.5 Å². The number of nitrogens with zero attached hydrogens (tertiary/aromatic N) is 3. The van der Waals surface area contributed by atoms with Crippen LogP contribution in [-0.2, 0) is 30.5 Å². The van der Waals surface area contributed by atoms with E-state index in [1.807, 2.05) is 62.4 Å². The summed E-state index contributed by atoms with van der Waals surface area (Å²) in [5, 5.41) is 3.16. The lowest BCUT2D eigenvalue weighted by Crippen LogP contribution is -2.50. The molecule has 42 heavy (non-hydrogen) atoms. The van der Waals surface area contributed by atoms with Gasteiger partial charge in [0.25, 0.3) is 0 Å². The summed E-state index contributed by atoms with van der Waals surface area (Å²) in [4.78, 5) is 55.9. The van der Waals surface area contributed by atoms with Crippen molar-refractivity contribution in [1.29, 1.82) is 0 Å². The first-order valence-electron chi connectivity index (χ1n) is 14.0. The molecular weight excluding hydrogens is 542 g/mol. The molecule has 2 aromatic carbocycles. The average Bonchev–Trinajstić information content (AvgIpc) is 3.45. The molecule has 1 aliphatic heterocycles. The van der Waals surface area contributed by atoms with E-state index in [0.29, 0.717) is 31.0 Å². The topological polar surface area (TPSA) is 144 Å². The summed E-state index contributed by atoms with van der Waals surface area (Å²) in [5.41, 5.74) is 7.12. The van der Waals surface area contributed by atoms with Gasteiger partial charge in [0.1, 0.15) is 6.54 Å². The van der Waals surface area contributed by atoms with Gasteiger partial charge < -0.3 is 40.0 Å². The van der Waals surface area contributed by atoms with E-state index in [4.69, 9.17) is 19.9 Å². The van der Waals surface area contributed by atoms with Crippen LogP contribution in [0.4, 0.5) is 0 Å². The minimum absolute atomic E-state index is 0.00495. The van der Waals surface area contributed by atoms with Crippen LogP contribution in [-0.4, -0.2) is 98.1 Å². The quantitative estimate of drug-likeness (QED) is 0.284. The highest BCUT2D eigenvalue weighted by Crippen LogP contribution is 2.32. The normalized spacial score (nSPS) is 12.5. The zero-order chi connectivity index (χ0) is 30.5. The standard InChI is InChI=1S/C30H41N5O7/c1-4-12-33(19-29(38)34(13-14-40-3)18-27(31)36)30(39)20-35(22(2)24-8-6-5-7-9-24)28(37)17-32-16-23-10-11-25-26(15-23)42-21-41-25/h5-11,15,22,32H,4,12-14,16-21H2,1-3H3,(H2,31,36)/t22-/m1/s1. The van der Waals surface area contributed by atoms with Crippen LogP contribution >= 0.6 is 0 Å². The second-order valence-corrected chi connectivity index (χ2v) is 9.99. The fourth-order valence-corrected chi connectivity index (χ4v) is 4.57. The molecule has 1 aliphatic rings. The monoisotopic (exact) mass is 583 g/mol. The number of rotatable bonds is 17. The van der Waals surface area contributed by atoms with Gasteiger partial charge in [-0.05, 0) is 36.6 Å². The molecule has 1 heterocycles. The van der Waals surface area contributed by atoms with Crippen molar-refractivity contribution in [2.24, 2.45) is 5.73 Å². The molecule has 3 N–H and O–H groups in total. The molecule has 4 amide bonds. The van der Waals surface area contributed by atoms with Gasteiger partial charge in [0.15, 0.2) is 11.5 Å². The lowest BCUT2D eigenvalue weighted by molar-refractivity contribution is -0.145. The molecular formula is C30H41N5O7. The van der Waals surface area contributed by atoms with E-state index in [0.717, 1.165) is 11.1 Å². The van der Waals surface area contributed by atoms with Crippen molar-refractivity contribution < 1.29 is 33.4 Å². The SMILES string of the molecule is CCCN(CC(=O)N(CCOC)CC(N)=O)C(=O)CN(C(=O)CNCc1ccc2c(c1)OCO2)[C@H](C)c1ccccc1. The Bertz CT molecular complexity index is 1210. The Morgan fingerprint density at radius 2 is 1.62 bits per heavy atom. The van der Waals surface area contributed by atoms with Gasteiger partial charge in [-0.15, -0.1) is 0 Å². The van der Waals surface area contributed by atoms with E-state index in [1.165, 1.54) is 21.8 Å². The molecule has 2 aromatic rings. The van der Waals surface area contributed by atoms with Gasteiger partial charge in [0.2, 0.25) is 30.4 Å². The number of primary amides is 1. The second-order valence-electron chi connectivity index (χ2n) is 9.99. The van der Waals surface area contributed by atoms with Gasteiger partial charge >= 0.3 is 0 Å². The predicted octanol–water partition coefficient (Wildman–Crippen LogP) is 1.29. The highest BCUT2D eigenvalue weighted by molar-refractivity contribution is 5.90. The van der Waals surface area contributed by atoms with Crippen LogP contribution in [0, 0.1) is 0 Å². The largest absolute Gasteiger partial charge is 0.454 e. The Morgan fingerprint density at radius 3 is 2.31 bits per heavy atom. The van der Waals surface area contributed by atoms with E-state index in [2.05, 4.69) is 5.32 Å². The highest BCUT2D eigenvalue weighted by Gasteiger charge is 2.28. The van der Waals surface area contributed by atoms with E-state index in [-0.39, 0.29) is 57.9 Å². The number of fused-ring (bicyclic) bond motifs is 1. The third-order valence-electron chi connectivity index (χ3n) is 6.85. The number of amides is 4. The predicted molar refractivity (Wildman–Crippen MR) is 155 cm³/mol. The molecule has 0 bridgehead atoms. The lowest BCUT2D eigenvalue weighted by atomic mass is 10.1.